The number of halogens is 1. The Labute approximate surface area is 125 Å². The van der Waals surface area contributed by atoms with Crippen LogP contribution in [0.1, 0.15) is 16.3 Å². The van der Waals surface area contributed by atoms with Crippen molar-refractivity contribution in [1.82, 2.24) is 9.71 Å². The van der Waals surface area contributed by atoms with E-state index in [-0.39, 0.29) is 16.5 Å². The first-order valence-corrected chi connectivity index (χ1v) is 8.27. The number of nitrogens with zero attached hydrogens (tertiary/aromatic N) is 2. The lowest BCUT2D eigenvalue weighted by atomic mass is 10.2. The molecule has 0 saturated heterocycles. The predicted molar refractivity (Wildman–Crippen MR) is 77.0 cm³/mol. The Morgan fingerprint density at radius 2 is 2.25 bits per heavy atom. The molecular weight excluding hydrogens is 318 g/mol. The highest BCUT2D eigenvalue weighted by atomic mass is 35.5. The first kappa shape index (κ1) is 14.9. The maximum absolute atomic E-state index is 12.1. The number of nitrogens with one attached hydrogen (secondary N) is 1. The molecule has 0 spiro atoms. The number of benzene rings is 1. The number of aryl methyl sites for hydroxylation is 1. The summed E-state index contributed by atoms with van der Waals surface area (Å²) in [6.07, 6.45) is 0. The molecule has 2 rings (SSSR count). The smallest absolute Gasteiger partial charge is 0.242 e. The molecule has 0 bridgehead atoms. The molecule has 8 heteroatoms. The highest BCUT2D eigenvalue weighted by molar-refractivity contribution is 7.89. The Morgan fingerprint density at radius 3 is 2.80 bits per heavy atom. The van der Waals surface area contributed by atoms with E-state index < -0.39 is 10.0 Å². The molecule has 0 atom stereocenters. The standard InChI is InChI=1S/C12H10ClN3O2S2/c1-8-7-19-12(16-8)6-15-20(17,18)11-3-2-9(5-14)4-10(11)13/h2-4,7,15H,6H2,1H3. The van der Waals surface area contributed by atoms with E-state index >= 15 is 0 Å². The summed E-state index contributed by atoms with van der Waals surface area (Å²) in [5, 5.41) is 11.3. The van der Waals surface area contributed by atoms with Gasteiger partial charge in [0.15, 0.2) is 0 Å². The van der Waals surface area contributed by atoms with E-state index in [0.29, 0.717) is 10.6 Å². The predicted octanol–water partition coefficient (Wildman–Crippen LogP) is 2.46. The third-order valence-corrected chi connectivity index (χ3v) is 5.28. The van der Waals surface area contributed by atoms with Crippen LogP contribution >= 0.6 is 22.9 Å². The van der Waals surface area contributed by atoms with Gasteiger partial charge >= 0.3 is 0 Å². The van der Waals surface area contributed by atoms with Crippen LogP contribution in [0.2, 0.25) is 5.02 Å². The van der Waals surface area contributed by atoms with Gasteiger partial charge in [0.2, 0.25) is 10.0 Å². The Hall–Kier alpha value is -1.46. The Bertz CT molecular complexity index is 778. The molecule has 1 aromatic carbocycles. The summed E-state index contributed by atoms with van der Waals surface area (Å²) in [6.45, 7) is 1.95. The van der Waals surface area contributed by atoms with Crippen LogP contribution in [0.5, 0.6) is 0 Å². The van der Waals surface area contributed by atoms with E-state index in [1.54, 1.807) is 0 Å². The lowest BCUT2D eigenvalue weighted by Gasteiger charge is -2.07. The van der Waals surface area contributed by atoms with Gasteiger partial charge in [0.1, 0.15) is 9.90 Å². The monoisotopic (exact) mass is 327 g/mol. The molecule has 1 N–H and O–H groups in total. The van der Waals surface area contributed by atoms with Crippen molar-refractivity contribution in [2.45, 2.75) is 18.4 Å². The second kappa shape index (κ2) is 5.89. The Kier molecular flexibility index (Phi) is 4.40. The van der Waals surface area contributed by atoms with Crippen LogP contribution < -0.4 is 4.72 Å². The van der Waals surface area contributed by atoms with Crippen molar-refractivity contribution in [3.63, 3.8) is 0 Å². The fourth-order valence-corrected chi connectivity index (χ4v) is 3.84. The van der Waals surface area contributed by atoms with Crippen LogP contribution in [0.25, 0.3) is 0 Å². The van der Waals surface area contributed by atoms with Crippen LogP contribution in [0.15, 0.2) is 28.5 Å². The van der Waals surface area contributed by atoms with Crippen LogP contribution in [-0.2, 0) is 16.6 Å². The van der Waals surface area contributed by atoms with E-state index in [9.17, 15) is 8.42 Å². The maximum atomic E-state index is 12.1. The largest absolute Gasteiger partial charge is 0.245 e. The van der Waals surface area contributed by atoms with Crippen LogP contribution in [-0.4, -0.2) is 13.4 Å². The Morgan fingerprint density at radius 1 is 1.50 bits per heavy atom. The lowest BCUT2D eigenvalue weighted by Crippen LogP contribution is -2.23. The second-order valence-electron chi connectivity index (χ2n) is 3.96. The van der Waals surface area contributed by atoms with Crippen molar-refractivity contribution < 1.29 is 8.42 Å². The normalized spacial score (nSPS) is 11.2. The minimum absolute atomic E-state index is 0.0202. The van der Waals surface area contributed by atoms with E-state index in [4.69, 9.17) is 16.9 Å². The fourth-order valence-electron chi connectivity index (χ4n) is 1.51. The summed E-state index contributed by atoms with van der Waals surface area (Å²) in [5.74, 6) is 0. The zero-order valence-electron chi connectivity index (χ0n) is 10.4. The van der Waals surface area contributed by atoms with Crippen molar-refractivity contribution in [2.24, 2.45) is 0 Å². The Balaban J connectivity index is 2.20. The number of rotatable bonds is 4. The summed E-state index contributed by atoms with van der Waals surface area (Å²) in [4.78, 5) is 4.12. The van der Waals surface area contributed by atoms with E-state index in [1.807, 2.05) is 18.4 Å². The zero-order chi connectivity index (χ0) is 14.8. The van der Waals surface area contributed by atoms with Gasteiger partial charge in [0.25, 0.3) is 0 Å². The minimum Gasteiger partial charge on any atom is -0.245 e. The topological polar surface area (TPSA) is 82.9 Å². The van der Waals surface area contributed by atoms with Gasteiger partial charge in [-0.2, -0.15) is 5.26 Å². The van der Waals surface area contributed by atoms with E-state index in [1.165, 1.54) is 29.5 Å². The SMILES string of the molecule is Cc1csc(CNS(=O)(=O)c2ccc(C#N)cc2Cl)n1. The summed E-state index contributed by atoms with van der Waals surface area (Å²) in [6, 6.07) is 5.95. The molecule has 104 valence electrons. The lowest BCUT2D eigenvalue weighted by molar-refractivity contribution is 0.581. The summed E-state index contributed by atoms with van der Waals surface area (Å²) >= 11 is 7.28. The van der Waals surface area contributed by atoms with E-state index in [0.717, 1.165) is 5.69 Å². The van der Waals surface area contributed by atoms with Gasteiger partial charge in [-0.3, -0.25) is 0 Å². The van der Waals surface area contributed by atoms with Crippen LogP contribution in [0.3, 0.4) is 0 Å². The summed E-state index contributed by atoms with van der Waals surface area (Å²) in [7, 11) is -3.73. The number of hydrogen-bond acceptors (Lipinski definition) is 5. The van der Waals surface area contributed by atoms with Gasteiger partial charge in [0.05, 0.1) is 23.2 Å². The van der Waals surface area contributed by atoms with Gasteiger partial charge in [-0.05, 0) is 25.1 Å². The van der Waals surface area contributed by atoms with Crippen LogP contribution in [0, 0.1) is 18.3 Å². The molecule has 0 amide bonds. The average Bonchev–Trinajstić information content (AvgIpc) is 2.82. The molecule has 0 aliphatic heterocycles. The van der Waals surface area contributed by atoms with E-state index in [2.05, 4.69) is 9.71 Å². The average molecular weight is 328 g/mol. The summed E-state index contributed by atoms with van der Waals surface area (Å²) < 4.78 is 26.7. The molecule has 0 unspecified atom stereocenters. The first-order valence-electron chi connectivity index (χ1n) is 5.53. The van der Waals surface area contributed by atoms with Crippen molar-refractivity contribution >= 4 is 33.0 Å². The number of sulfonamides is 1. The highest BCUT2D eigenvalue weighted by Crippen LogP contribution is 2.22. The molecule has 0 fully saturated rings. The van der Waals surface area contributed by atoms with Gasteiger partial charge in [0, 0.05) is 11.1 Å². The van der Waals surface area contributed by atoms with Gasteiger partial charge in [-0.25, -0.2) is 18.1 Å². The molecule has 1 aromatic heterocycles. The highest BCUT2D eigenvalue weighted by Gasteiger charge is 2.18. The van der Waals surface area contributed by atoms with Gasteiger partial charge in [-0.15, -0.1) is 11.3 Å². The quantitative estimate of drug-likeness (QED) is 0.935. The number of nitriles is 1. The molecule has 0 aliphatic carbocycles. The molecule has 0 radical (unpaired) electrons. The summed E-state index contributed by atoms with van der Waals surface area (Å²) in [5.41, 5.74) is 1.16. The van der Waals surface area contributed by atoms with Crippen LogP contribution in [0.4, 0.5) is 0 Å². The van der Waals surface area contributed by atoms with Crippen molar-refractivity contribution in [2.75, 3.05) is 0 Å². The first-order chi connectivity index (χ1) is 9.42. The van der Waals surface area contributed by atoms with Gasteiger partial charge < -0.3 is 0 Å². The number of thiazole rings is 1. The molecule has 1 heterocycles. The number of aromatic nitrogens is 1. The molecule has 0 saturated carbocycles. The maximum Gasteiger partial charge on any atom is 0.242 e. The fraction of sp³-hybridized carbons (Fsp3) is 0.167. The number of hydrogen-bond donors (Lipinski definition) is 1. The molecular formula is C12H10ClN3O2S2. The van der Waals surface area contributed by atoms with Gasteiger partial charge in [-0.1, -0.05) is 11.6 Å². The zero-order valence-corrected chi connectivity index (χ0v) is 12.8. The van der Waals surface area contributed by atoms with Crippen molar-refractivity contribution in [1.29, 1.82) is 5.26 Å². The molecule has 2 aromatic rings. The molecule has 20 heavy (non-hydrogen) atoms. The third-order valence-electron chi connectivity index (χ3n) is 2.43. The van der Waals surface area contributed by atoms with Crippen molar-refractivity contribution in [3.8, 4) is 6.07 Å². The molecule has 5 nitrogen and oxygen atoms in total. The van der Waals surface area contributed by atoms with Crippen molar-refractivity contribution in [3.05, 3.63) is 44.9 Å². The molecule has 0 aliphatic rings. The minimum atomic E-state index is -3.73. The second-order valence-corrected chi connectivity index (χ2v) is 7.05. The third kappa shape index (κ3) is 3.35.